The molecule has 7 heteroatoms. The van der Waals surface area contributed by atoms with Crippen molar-refractivity contribution in [1.82, 2.24) is 5.01 Å². The summed E-state index contributed by atoms with van der Waals surface area (Å²) in [6, 6.07) is 7.91. The van der Waals surface area contributed by atoms with Gasteiger partial charge in [0, 0.05) is 7.05 Å². The quantitative estimate of drug-likeness (QED) is 0.273. The molecule has 0 saturated carbocycles. The molecule has 1 aromatic carbocycles. The van der Waals surface area contributed by atoms with Crippen LogP contribution in [0.5, 0.6) is 0 Å². The van der Waals surface area contributed by atoms with Gasteiger partial charge in [-0.05, 0) is 17.2 Å². The van der Waals surface area contributed by atoms with E-state index < -0.39 is 16.0 Å². The lowest BCUT2D eigenvalue weighted by atomic mass is 9.97. The Morgan fingerprint density at radius 3 is 2.61 bits per heavy atom. The molecular weight excluding hydrogens is 258 g/mol. The van der Waals surface area contributed by atoms with Crippen LogP contribution in [-0.4, -0.2) is 34.0 Å². The van der Waals surface area contributed by atoms with Crippen molar-refractivity contribution in [3.8, 4) is 0 Å². The molecule has 0 fully saturated rings. The number of nitro groups is 1. The number of benzene rings is 1. The third kappa shape index (κ3) is 1.65. The molecular formula is C11H10ClN3O3. The lowest BCUT2D eigenvalue weighted by molar-refractivity contribution is -0.526. The van der Waals surface area contributed by atoms with Gasteiger partial charge in [-0.1, -0.05) is 30.3 Å². The molecule has 0 spiro atoms. The van der Waals surface area contributed by atoms with Crippen LogP contribution >= 0.6 is 11.6 Å². The van der Waals surface area contributed by atoms with Gasteiger partial charge >= 0.3 is 5.00 Å². The third-order valence-corrected chi connectivity index (χ3v) is 3.39. The number of rotatable bonds is 3. The number of hydrogen-bond donors (Lipinski definition) is 0. The van der Waals surface area contributed by atoms with Crippen LogP contribution in [0.15, 0.2) is 35.4 Å². The molecule has 1 aliphatic rings. The zero-order valence-corrected chi connectivity index (χ0v) is 10.2. The Labute approximate surface area is 108 Å². The summed E-state index contributed by atoms with van der Waals surface area (Å²) in [6.45, 7) is 0. The first-order valence-electron chi connectivity index (χ1n) is 5.17. The zero-order chi connectivity index (χ0) is 13.3. The number of carbonyl (C=O) groups excluding carboxylic acids is 1. The first-order chi connectivity index (χ1) is 8.51. The lowest BCUT2D eigenvalue weighted by Gasteiger charge is -2.25. The summed E-state index contributed by atoms with van der Waals surface area (Å²) in [5.74, 6) is 0. The normalized spacial score (nSPS) is 26.9. The van der Waals surface area contributed by atoms with Gasteiger partial charge in [0.2, 0.25) is 0 Å². The summed E-state index contributed by atoms with van der Waals surface area (Å²) in [6.07, 6.45) is 0.329. The lowest BCUT2D eigenvalue weighted by Crippen LogP contribution is -2.45. The molecule has 0 aromatic heterocycles. The molecule has 1 heterocycles. The van der Waals surface area contributed by atoms with E-state index in [9.17, 15) is 14.9 Å². The Morgan fingerprint density at radius 2 is 2.11 bits per heavy atom. The van der Waals surface area contributed by atoms with Crippen molar-refractivity contribution in [2.75, 3.05) is 7.05 Å². The number of aldehydes is 1. The van der Waals surface area contributed by atoms with Gasteiger partial charge in [-0.2, -0.15) is 5.10 Å². The Balaban J connectivity index is 2.54. The molecule has 2 atom stereocenters. The van der Waals surface area contributed by atoms with Crippen molar-refractivity contribution in [2.24, 2.45) is 5.10 Å². The molecule has 0 N–H and O–H groups in total. The van der Waals surface area contributed by atoms with Crippen molar-refractivity contribution < 1.29 is 9.72 Å². The molecule has 2 rings (SSSR count). The second-order valence-corrected chi connectivity index (χ2v) is 4.50. The average molecular weight is 268 g/mol. The van der Waals surface area contributed by atoms with Crippen molar-refractivity contribution in [3.63, 3.8) is 0 Å². The van der Waals surface area contributed by atoms with E-state index in [1.165, 1.54) is 5.01 Å². The third-order valence-electron chi connectivity index (χ3n) is 2.85. The smallest absolute Gasteiger partial charge is 0.296 e. The van der Waals surface area contributed by atoms with Crippen molar-refractivity contribution in [2.45, 2.75) is 11.0 Å². The van der Waals surface area contributed by atoms with Gasteiger partial charge in [0.05, 0.1) is 4.92 Å². The molecule has 94 valence electrons. The summed E-state index contributed by atoms with van der Waals surface area (Å²) >= 11 is 6.06. The maximum atomic E-state index is 11.2. The second-order valence-electron chi connectivity index (χ2n) is 3.92. The predicted octanol–water partition coefficient (Wildman–Crippen LogP) is 1.44. The Hall–Kier alpha value is -1.95. The maximum absolute atomic E-state index is 11.2. The van der Waals surface area contributed by atoms with Crippen LogP contribution < -0.4 is 0 Å². The SMILES string of the molecule is CN1N=C(C=O)C(Cl)([N+](=O)[O-])C1c1ccccc1. The van der Waals surface area contributed by atoms with Crippen molar-refractivity contribution >= 4 is 23.6 Å². The summed E-state index contributed by atoms with van der Waals surface area (Å²) in [7, 11) is 1.55. The minimum Gasteiger partial charge on any atom is -0.296 e. The monoisotopic (exact) mass is 267 g/mol. The summed E-state index contributed by atoms with van der Waals surface area (Å²) in [4.78, 5) is 19.4. The minimum absolute atomic E-state index is 0.287. The molecule has 0 radical (unpaired) electrons. The van der Waals surface area contributed by atoms with E-state index in [2.05, 4.69) is 5.10 Å². The molecule has 1 aliphatic heterocycles. The highest BCUT2D eigenvalue weighted by molar-refractivity contribution is 6.48. The second kappa shape index (κ2) is 4.38. The number of alkyl halides is 1. The Bertz CT molecular complexity index is 520. The Morgan fingerprint density at radius 1 is 1.50 bits per heavy atom. The van der Waals surface area contributed by atoms with Gasteiger partial charge in [-0.25, -0.2) is 0 Å². The van der Waals surface area contributed by atoms with Crippen LogP contribution in [0.25, 0.3) is 0 Å². The van der Waals surface area contributed by atoms with Crippen LogP contribution in [0.2, 0.25) is 0 Å². The predicted molar refractivity (Wildman–Crippen MR) is 66.0 cm³/mol. The van der Waals surface area contributed by atoms with Crippen LogP contribution in [0.3, 0.4) is 0 Å². The zero-order valence-electron chi connectivity index (χ0n) is 9.49. The number of hydrogen-bond acceptors (Lipinski definition) is 5. The number of likely N-dealkylation sites (N-methyl/N-ethyl adjacent to an activating group) is 1. The van der Waals surface area contributed by atoms with E-state index >= 15 is 0 Å². The fraction of sp³-hybridized carbons (Fsp3) is 0.273. The standard InChI is InChI=1S/C11H10ClN3O3/c1-14-10(8-5-3-2-4-6-8)11(12,15(17)18)9(7-16)13-14/h2-7,10H,1H3. The molecule has 0 amide bonds. The summed E-state index contributed by atoms with van der Waals surface area (Å²) in [5.41, 5.74) is 0.345. The van der Waals surface area contributed by atoms with E-state index in [0.29, 0.717) is 11.8 Å². The van der Waals surface area contributed by atoms with Crippen LogP contribution in [0.4, 0.5) is 0 Å². The number of halogens is 1. The van der Waals surface area contributed by atoms with Gasteiger partial charge < -0.3 is 0 Å². The Kier molecular flexibility index (Phi) is 3.04. The number of nitrogens with zero attached hydrogens (tertiary/aromatic N) is 3. The van der Waals surface area contributed by atoms with Crippen LogP contribution in [-0.2, 0) is 4.79 Å². The first-order valence-corrected chi connectivity index (χ1v) is 5.55. The summed E-state index contributed by atoms with van der Waals surface area (Å²) < 4.78 is 0. The average Bonchev–Trinajstić information content (AvgIpc) is 2.63. The molecule has 2 unspecified atom stereocenters. The minimum atomic E-state index is -2.04. The fourth-order valence-electron chi connectivity index (χ4n) is 2.06. The first kappa shape index (κ1) is 12.5. The highest BCUT2D eigenvalue weighted by Gasteiger charge is 2.60. The van der Waals surface area contributed by atoms with Gasteiger partial charge in [-0.3, -0.25) is 19.9 Å². The van der Waals surface area contributed by atoms with E-state index in [1.807, 2.05) is 0 Å². The molecule has 1 aromatic rings. The van der Waals surface area contributed by atoms with Crippen LogP contribution in [0, 0.1) is 10.1 Å². The maximum Gasteiger partial charge on any atom is 0.367 e. The van der Waals surface area contributed by atoms with E-state index in [-0.39, 0.29) is 5.71 Å². The number of hydrazone groups is 1. The van der Waals surface area contributed by atoms with E-state index in [4.69, 9.17) is 11.6 Å². The number of carbonyl (C=O) groups is 1. The van der Waals surface area contributed by atoms with Crippen molar-refractivity contribution in [3.05, 3.63) is 46.0 Å². The molecule has 0 aliphatic carbocycles. The van der Waals surface area contributed by atoms with E-state index in [1.54, 1.807) is 37.4 Å². The topological polar surface area (TPSA) is 75.8 Å². The largest absolute Gasteiger partial charge is 0.367 e. The van der Waals surface area contributed by atoms with Crippen LogP contribution in [0.1, 0.15) is 11.6 Å². The molecule has 6 nitrogen and oxygen atoms in total. The van der Waals surface area contributed by atoms with Gasteiger partial charge in [0.1, 0.15) is 0 Å². The highest BCUT2D eigenvalue weighted by atomic mass is 35.5. The molecule has 18 heavy (non-hydrogen) atoms. The molecule has 0 saturated heterocycles. The van der Waals surface area contributed by atoms with Crippen molar-refractivity contribution in [1.29, 1.82) is 0 Å². The van der Waals surface area contributed by atoms with E-state index in [0.717, 1.165) is 0 Å². The van der Waals surface area contributed by atoms with Gasteiger partial charge in [0.15, 0.2) is 18.0 Å². The van der Waals surface area contributed by atoms with Gasteiger partial charge in [0.25, 0.3) is 0 Å². The fourth-order valence-corrected chi connectivity index (χ4v) is 2.41. The summed E-state index contributed by atoms with van der Waals surface area (Å²) in [5, 5.41) is 16.4. The molecule has 0 bridgehead atoms. The highest BCUT2D eigenvalue weighted by Crippen LogP contribution is 2.42. The van der Waals surface area contributed by atoms with Gasteiger partial charge in [-0.15, -0.1) is 0 Å².